The van der Waals surface area contributed by atoms with Crippen molar-refractivity contribution in [1.29, 1.82) is 0 Å². The summed E-state index contributed by atoms with van der Waals surface area (Å²) >= 11 is 5.89. The molecular formula is C10H13ClN2O2. The lowest BCUT2D eigenvalue weighted by Crippen LogP contribution is -2.08. The molecule has 0 aliphatic carbocycles. The van der Waals surface area contributed by atoms with Crippen LogP contribution in [0.1, 0.15) is 18.0 Å². The summed E-state index contributed by atoms with van der Waals surface area (Å²) in [6, 6.07) is 3.53. The third-order valence-corrected chi connectivity index (χ3v) is 2.58. The minimum atomic E-state index is 0.140. The number of nitrogens with zero attached hydrogens (tertiary/aromatic N) is 1. The summed E-state index contributed by atoms with van der Waals surface area (Å²) in [7, 11) is 0. The second-order valence-corrected chi connectivity index (χ2v) is 3.81. The number of nitrogens with two attached hydrogens (primary N) is 1. The highest BCUT2D eigenvalue weighted by atomic mass is 35.5. The second kappa shape index (κ2) is 4.79. The maximum Gasteiger partial charge on any atom is 0.137 e. The average Bonchev–Trinajstić information content (AvgIpc) is 2.70. The topological polar surface area (TPSA) is 57.4 Å². The summed E-state index contributed by atoms with van der Waals surface area (Å²) in [6.07, 6.45) is 0.982. The van der Waals surface area contributed by atoms with Crippen LogP contribution in [0.3, 0.4) is 0 Å². The maximum absolute atomic E-state index is 5.89. The second-order valence-electron chi connectivity index (χ2n) is 3.42. The zero-order valence-electron chi connectivity index (χ0n) is 8.28. The van der Waals surface area contributed by atoms with Gasteiger partial charge < -0.3 is 9.47 Å². The lowest BCUT2D eigenvalue weighted by molar-refractivity contribution is 0.193. The quantitative estimate of drug-likeness (QED) is 0.630. The minimum Gasteiger partial charge on any atom is -0.478 e. The Balaban J connectivity index is 2.22. The zero-order chi connectivity index (χ0) is 10.7. The molecule has 1 saturated heterocycles. The minimum absolute atomic E-state index is 0.140. The molecule has 0 saturated carbocycles. The smallest absolute Gasteiger partial charge is 0.137 e. The van der Waals surface area contributed by atoms with Crippen molar-refractivity contribution in [3.05, 3.63) is 23.0 Å². The zero-order valence-corrected chi connectivity index (χ0v) is 9.04. The van der Waals surface area contributed by atoms with E-state index >= 15 is 0 Å². The number of aromatic nitrogens is 1. The molecule has 0 spiro atoms. The monoisotopic (exact) mass is 228 g/mol. The molecule has 2 rings (SSSR count). The van der Waals surface area contributed by atoms with E-state index in [4.69, 9.17) is 26.8 Å². The third kappa shape index (κ3) is 2.59. The van der Waals surface area contributed by atoms with Gasteiger partial charge in [0.2, 0.25) is 0 Å². The normalized spacial score (nSPS) is 20.5. The Bertz CT molecular complexity index is 340. The first kappa shape index (κ1) is 10.7. The Hall–Kier alpha value is -0.840. The fraction of sp³-hybridized carbons (Fsp3) is 0.500. The lowest BCUT2D eigenvalue weighted by atomic mass is 10.0. The van der Waals surface area contributed by atoms with Crippen LogP contribution < -0.4 is 10.5 Å². The number of hydrogen-bond acceptors (Lipinski definition) is 4. The Kier molecular flexibility index (Phi) is 3.41. The van der Waals surface area contributed by atoms with Crippen LogP contribution in [0.25, 0.3) is 0 Å². The van der Waals surface area contributed by atoms with Crippen LogP contribution in [0.2, 0.25) is 5.15 Å². The predicted molar refractivity (Wildman–Crippen MR) is 57.1 cm³/mol. The van der Waals surface area contributed by atoms with Crippen molar-refractivity contribution < 1.29 is 9.47 Å². The van der Waals surface area contributed by atoms with E-state index in [-0.39, 0.29) is 6.73 Å². The van der Waals surface area contributed by atoms with Crippen molar-refractivity contribution in [3.8, 4) is 5.75 Å². The van der Waals surface area contributed by atoms with E-state index in [0.717, 1.165) is 18.7 Å². The molecule has 0 bridgehead atoms. The van der Waals surface area contributed by atoms with Gasteiger partial charge in [-0.15, -0.1) is 0 Å². The van der Waals surface area contributed by atoms with Crippen LogP contribution in [0, 0.1) is 0 Å². The molecule has 82 valence electrons. The number of halogens is 1. The highest BCUT2D eigenvalue weighted by Gasteiger charge is 2.20. The molecule has 2 N–H and O–H groups in total. The van der Waals surface area contributed by atoms with E-state index in [1.54, 1.807) is 6.07 Å². The van der Waals surface area contributed by atoms with Gasteiger partial charge in [0.1, 0.15) is 17.6 Å². The maximum atomic E-state index is 5.89. The molecular weight excluding hydrogens is 216 g/mol. The average molecular weight is 229 g/mol. The van der Waals surface area contributed by atoms with Crippen LogP contribution in [0.5, 0.6) is 5.75 Å². The van der Waals surface area contributed by atoms with Crippen molar-refractivity contribution in [1.82, 2.24) is 4.98 Å². The van der Waals surface area contributed by atoms with E-state index < -0.39 is 0 Å². The van der Waals surface area contributed by atoms with Crippen LogP contribution in [-0.2, 0) is 4.74 Å². The molecule has 5 heteroatoms. The Morgan fingerprint density at radius 3 is 3.13 bits per heavy atom. The molecule has 1 atom stereocenters. The molecule has 0 aromatic carbocycles. The molecule has 0 radical (unpaired) electrons. The number of pyridine rings is 1. The third-order valence-electron chi connectivity index (χ3n) is 2.39. The van der Waals surface area contributed by atoms with Gasteiger partial charge in [-0.2, -0.15) is 0 Å². The summed E-state index contributed by atoms with van der Waals surface area (Å²) in [6.45, 7) is 1.63. The van der Waals surface area contributed by atoms with Gasteiger partial charge in [-0.05, 0) is 6.42 Å². The van der Waals surface area contributed by atoms with Crippen LogP contribution >= 0.6 is 11.6 Å². The lowest BCUT2D eigenvalue weighted by Gasteiger charge is -2.10. The number of ether oxygens (including phenoxy) is 2. The van der Waals surface area contributed by atoms with Gasteiger partial charge in [-0.1, -0.05) is 11.6 Å². The first-order valence-electron chi connectivity index (χ1n) is 4.87. The predicted octanol–water partition coefficient (Wildman–Crippen LogP) is 1.53. The summed E-state index contributed by atoms with van der Waals surface area (Å²) in [5.41, 5.74) is 6.22. The summed E-state index contributed by atoms with van der Waals surface area (Å²) < 4.78 is 10.5. The van der Waals surface area contributed by atoms with Gasteiger partial charge in [0.15, 0.2) is 0 Å². The Morgan fingerprint density at radius 2 is 2.47 bits per heavy atom. The van der Waals surface area contributed by atoms with Crippen molar-refractivity contribution in [2.45, 2.75) is 12.3 Å². The first-order chi connectivity index (χ1) is 7.29. The molecule has 0 amide bonds. The summed E-state index contributed by atoms with van der Waals surface area (Å²) in [5, 5.41) is 0.433. The molecule has 1 aromatic heterocycles. The molecule has 2 heterocycles. The molecule has 1 unspecified atom stereocenters. The fourth-order valence-electron chi connectivity index (χ4n) is 1.65. The van der Waals surface area contributed by atoms with Crippen LogP contribution in [0.15, 0.2) is 12.1 Å². The van der Waals surface area contributed by atoms with Crippen molar-refractivity contribution in [2.75, 3.05) is 19.9 Å². The van der Waals surface area contributed by atoms with Crippen molar-refractivity contribution in [3.63, 3.8) is 0 Å². The number of rotatable bonds is 3. The molecule has 1 aliphatic heterocycles. The molecule has 15 heavy (non-hydrogen) atoms. The molecule has 4 nitrogen and oxygen atoms in total. The number of hydrogen-bond donors (Lipinski definition) is 1. The van der Waals surface area contributed by atoms with E-state index in [0.29, 0.717) is 23.4 Å². The van der Waals surface area contributed by atoms with Gasteiger partial charge in [0.05, 0.1) is 12.3 Å². The summed E-state index contributed by atoms with van der Waals surface area (Å²) in [4.78, 5) is 4.26. The molecule has 1 fully saturated rings. The Morgan fingerprint density at radius 1 is 1.60 bits per heavy atom. The van der Waals surface area contributed by atoms with Crippen molar-refractivity contribution >= 4 is 11.6 Å². The Labute approximate surface area is 93.3 Å². The van der Waals surface area contributed by atoms with Gasteiger partial charge in [-0.25, -0.2) is 4.98 Å². The van der Waals surface area contributed by atoms with E-state index in [1.165, 1.54) is 0 Å². The van der Waals surface area contributed by atoms with Gasteiger partial charge in [0, 0.05) is 24.7 Å². The highest BCUT2D eigenvalue weighted by molar-refractivity contribution is 6.29. The van der Waals surface area contributed by atoms with Crippen LogP contribution in [-0.4, -0.2) is 24.9 Å². The van der Waals surface area contributed by atoms with Gasteiger partial charge in [-0.3, -0.25) is 5.73 Å². The molecule has 1 aliphatic rings. The fourth-order valence-corrected chi connectivity index (χ4v) is 1.85. The van der Waals surface area contributed by atoms with Crippen molar-refractivity contribution in [2.24, 2.45) is 5.73 Å². The van der Waals surface area contributed by atoms with E-state index in [9.17, 15) is 0 Å². The standard InChI is InChI=1S/C10H13ClN2O2/c11-10-4-8(15-6-12)3-9(13-10)7-1-2-14-5-7/h3-4,7H,1-2,5-6,12H2. The molecule has 1 aromatic rings. The van der Waals surface area contributed by atoms with Gasteiger partial charge in [0.25, 0.3) is 0 Å². The summed E-state index contributed by atoms with van der Waals surface area (Å²) in [5.74, 6) is 0.989. The van der Waals surface area contributed by atoms with E-state index in [1.807, 2.05) is 6.07 Å². The van der Waals surface area contributed by atoms with E-state index in [2.05, 4.69) is 4.98 Å². The highest BCUT2D eigenvalue weighted by Crippen LogP contribution is 2.28. The van der Waals surface area contributed by atoms with Gasteiger partial charge >= 0.3 is 0 Å². The largest absolute Gasteiger partial charge is 0.478 e. The first-order valence-corrected chi connectivity index (χ1v) is 5.25. The SMILES string of the molecule is NCOc1cc(Cl)nc(C2CCOC2)c1. The van der Waals surface area contributed by atoms with Crippen LogP contribution in [0.4, 0.5) is 0 Å².